The summed E-state index contributed by atoms with van der Waals surface area (Å²) in [5.41, 5.74) is 1.41. The summed E-state index contributed by atoms with van der Waals surface area (Å²) in [6.07, 6.45) is 4.59. The van der Waals surface area contributed by atoms with E-state index in [1.807, 2.05) is 31.5 Å². The third kappa shape index (κ3) is 2.51. The van der Waals surface area contributed by atoms with Crippen LogP contribution in [-0.2, 0) is 13.0 Å². The Balaban J connectivity index is 1.84. The van der Waals surface area contributed by atoms with Gasteiger partial charge in [-0.25, -0.2) is 4.98 Å². The standard InChI is InChI=1S/C16H15N5OS2/c1-10-13-12(21-15(17-10)18-16(19-21)23-2)6-8-20(14(13)22)7-5-11-4-3-9-24-11/h3-4,6,8-9H,5,7H2,1-2H3. The van der Waals surface area contributed by atoms with Gasteiger partial charge >= 0.3 is 0 Å². The van der Waals surface area contributed by atoms with Crippen LogP contribution < -0.4 is 5.56 Å². The van der Waals surface area contributed by atoms with Gasteiger partial charge in [0.1, 0.15) is 0 Å². The minimum atomic E-state index is -0.0304. The number of hydrogen-bond donors (Lipinski definition) is 0. The molecule has 6 nitrogen and oxygen atoms in total. The summed E-state index contributed by atoms with van der Waals surface area (Å²) in [6.45, 7) is 2.50. The molecule has 0 aliphatic carbocycles. The highest BCUT2D eigenvalue weighted by atomic mass is 32.2. The lowest BCUT2D eigenvalue weighted by atomic mass is 10.2. The summed E-state index contributed by atoms with van der Waals surface area (Å²) < 4.78 is 3.40. The van der Waals surface area contributed by atoms with Crippen LogP contribution in [-0.4, -0.2) is 30.4 Å². The molecule has 4 aromatic rings. The van der Waals surface area contributed by atoms with E-state index in [1.54, 1.807) is 20.4 Å². The average Bonchev–Trinajstić information content (AvgIpc) is 3.22. The molecule has 0 aliphatic heterocycles. The van der Waals surface area contributed by atoms with E-state index < -0.39 is 0 Å². The molecule has 0 spiro atoms. The van der Waals surface area contributed by atoms with E-state index in [9.17, 15) is 4.79 Å². The van der Waals surface area contributed by atoms with Crippen molar-refractivity contribution in [2.45, 2.75) is 25.0 Å². The molecule has 8 heteroatoms. The van der Waals surface area contributed by atoms with Crippen molar-refractivity contribution in [1.82, 2.24) is 24.1 Å². The Morgan fingerprint density at radius 3 is 2.92 bits per heavy atom. The number of thiophene rings is 1. The van der Waals surface area contributed by atoms with Crippen molar-refractivity contribution in [1.29, 1.82) is 0 Å². The molecule has 0 fully saturated rings. The lowest BCUT2D eigenvalue weighted by Gasteiger charge is -2.08. The van der Waals surface area contributed by atoms with Crippen molar-refractivity contribution in [3.05, 3.63) is 50.7 Å². The Morgan fingerprint density at radius 1 is 1.29 bits per heavy atom. The second-order valence-electron chi connectivity index (χ2n) is 5.41. The summed E-state index contributed by atoms with van der Waals surface area (Å²) >= 11 is 3.17. The second-order valence-corrected chi connectivity index (χ2v) is 7.22. The van der Waals surface area contributed by atoms with E-state index in [4.69, 9.17) is 0 Å². The molecule has 0 bridgehead atoms. The number of thioether (sulfide) groups is 1. The quantitative estimate of drug-likeness (QED) is 0.526. The highest BCUT2D eigenvalue weighted by Gasteiger charge is 2.14. The lowest BCUT2D eigenvalue weighted by Crippen LogP contribution is -2.22. The van der Waals surface area contributed by atoms with E-state index in [1.165, 1.54) is 16.6 Å². The molecule has 0 radical (unpaired) electrons. The van der Waals surface area contributed by atoms with Crippen molar-refractivity contribution < 1.29 is 0 Å². The number of nitrogens with zero attached hydrogens (tertiary/aromatic N) is 5. The largest absolute Gasteiger partial charge is 0.314 e. The Hall–Kier alpha value is -2.19. The molecule has 4 aromatic heterocycles. The van der Waals surface area contributed by atoms with Crippen LogP contribution in [0.3, 0.4) is 0 Å². The monoisotopic (exact) mass is 357 g/mol. The summed E-state index contributed by atoms with van der Waals surface area (Å²) in [6, 6.07) is 6.04. The van der Waals surface area contributed by atoms with E-state index in [2.05, 4.69) is 26.5 Å². The van der Waals surface area contributed by atoms with Crippen LogP contribution in [0.15, 0.2) is 39.7 Å². The maximum absolute atomic E-state index is 12.9. The fourth-order valence-electron chi connectivity index (χ4n) is 2.75. The fourth-order valence-corrected chi connectivity index (χ4v) is 3.79. The van der Waals surface area contributed by atoms with Crippen LogP contribution in [0, 0.1) is 6.92 Å². The Labute approximate surface area is 146 Å². The molecule has 0 saturated heterocycles. The molecule has 0 amide bonds. The lowest BCUT2D eigenvalue weighted by molar-refractivity contribution is 0.678. The summed E-state index contributed by atoms with van der Waals surface area (Å²) in [7, 11) is 0. The zero-order chi connectivity index (χ0) is 16.7. The van der Waals surface area contributed by atoms with Crippen LogP contribution in [0.4, 0.5) is 0 Å². The van der Waals surface area contributed by atoms with Gasteiger partial charge in [-0.3, -0.25) is 4.79 Å². The van der Waals surface area contributed by atoms with E-state index in [-0.39, 0.29) is 5.56 Å². The van der Waals surface area contributed by atoms with Gasteiger partial charge in [0.05, 0.1) is 16.6 Å². The van der Waals surface area contributed by atoms with Gasteiger partial charge < -0.3 is 4.57 Å². The predicted molar refractivity (Wildman–Crippen MR) is 97.1 cm³/mol. The highest BCUT2D eigenvalue weighted by molar-refractivity contribution is 7.98. The number of fused-ring (bicyclic) bond motifs is 3. The summed E-state index contributed by atoms with van der Waals surface area (Å²) in [5.74, 6) is 0.528. The third-order valence-corrected chi connectivity index (χ3v) is 5.41. The second kappa shape index (κ2) is 6.03. The third-order valence-electron chi connectivity index (χ3n) is 3.93. The van der Waals surface area contributed by atoms with E-state index in [0.717, 1.165) is 11.9 Å². The minimum Gasteiger partial charge on any atom is -0.314 e. The first kappa shape index (κ1) is 15.3. The van der Waals surface area contributed by atoms with Crippen LogP contribution in [0.25, 0.3) is 16.7 Å². The van der Waals surface area contributed by atoms with Crippen molar-refractivity contribution in [2.24, 2.45) is 0 Å². The van der Waals surface area contributed by atoms with Gasteiger partial charge in [-0.1, -0.05) is 17.8 Å². The first-order chi connectivity index (χ1) is 11.7. The smallest absolute Gasteiger partial charge is 0.261 e. The molecule has 0 aliphatic rings. The number of hydrogen-bond acceptors (Lipinski definition) is 6. The van der Waals surface area contributed by atoms with Gasteiger partial charge in [0, 0.05) is 17.6 Å². The fraction of sp³-hybridized carbons (Fsp3) is 0.250. The summed E-state index contributed by atoms with van der Waals surface area (Å²) in [5, 5.41) is 7.72. The van der Waals surface area contributed by atoms with Gasteiger partial charge in [0.15, 0.2) is 0 Å². The van der Waals surface area contributed by atoms with Crippen LogP contribution in [0.1, 0.15) is 10.6 Å². The van der Waals surface area contributed by atoms with Gasteiger partial charge in [0.25, 0.3) is 11.3 Å². The zero-order valence-corrected chi connectivity index (χ0v) is 14.9. The van der Waals surface area contributed by atoms with Gasteiger partial charge in [-0.15, -0.1) is 16.4 Å². The predicted octanol–water partition coefficient (Wildman–Crippen LogP) is 2.77. The molecular formula is C16H15N5OS2. The Kier molecular flexibility index (Phi) is 3.85. The van der Waals surface area contributed by atoms with Crippen molar-refractivity contribution in [3.63, 3.8) is 0 Å². The number of aryl methyl sites for hydroxylation is 3. The highest BCUT2D eigenvalue weighted by Crippen LogP contribution is 2.17. The molecule has 122 valence electrons. The molecule has 4 rings (SSSR count). The minimum absolute atomic E-state index is 0.0304. The first-order valence-electron chi connectivity index (χ1n) is 7.50. The van der Waals surface area contributed by atoms with E-state index >= 15 is 0 Å². The number of pyridine rings is 1. The maximum Gasteiger partial charge on any atom is 0.261 e. The molecule has 4 heterocycles. The van der Waals surface area contributed by atoms with Crippen molar-refractivity contribution in [2.75, 3.05) is 6.26 Å². The molecular weight excluding hydrogens is 342 g/mol. The van der Waals surface area contributed by atoms with Crippen molar-refractivity contribution in [3.8, 4) is 0 Å². The van der Waals surface area contributed by atoms with E-state index in [0.29, 0.717) is 28.6 Å². The molecule has 0 aromatic carbocycles. The van der Waals surface area contributed by atoms with Gasteiger partial charge in [-0.05, 0) is 37.1 Å². The molecule has 0 N–H and O–H groups in total. The van der Waals surface area contributed by atoms with Crippen molar-refractivity contribution >= 4 is 39.8 Å². The van der Waals surface area contributed by atoms with Crippen LogP contribution in [0.2, 0.25) is 0 Å². The zero-order valence-electron chi connectivity index (χ0n) is 13.3. The normalized spacial score (nSPS) is 11.6. The molecule has 0 atom stereocenters. The molecule has 24 heavy (non-hydrogen) atoms. The van der Waals surface area contributed by atoms with Crippen LogP contribution in [0.5, 0.6) is 0 Å². The number of rotatable bonds is 4. The summed E-state index contributed by atoms with van der Waals surface area (Å²) in [4.78, 5) is 23.0. The van der Waals surface area contributed by atoms with Gasteiger partial charge in [0.2, 0.25) is 5.16 Å². The topological polar surface area (TPSA) is 65.1 Å². The van der Waals surface area contributed by atoms with Crippen LogP contribution >= 0.6 is 23.1 Å². The Bertz CT molecular complexity index is 1080. The average molecular weight is 357 g/mol. The van der Waals surface area contributed by atoms with Gasteiger partial charge in [-0.2, -0.15) is 9.50 Å². The SMILES string of the molecule is CSc1nc2nc(C)c3c(=O)n(CCc4cccs4)ccc3n2n1. The number of aromatic nitrogens is 5. The first-order valence-corrected chi connectivity index (χ1v) is 9.60. The maximum atomic E-state index is 12.9. The Morgan fingerprint density at radius 2 is 2.17 bits per heavy atom. The molecule has 0 saturated carbocycles. The molecule has 0 unspecified atom stereocenters.